The number of nitro groups is 1. The van der Waals surface area contributed by atoms with Crippen LogP contribution in [0, 0.1) is 21.4 Å². The Bertz CT molecular complexity index is 362. The Kier molecular flexibility index (Phi) is 2.56. The van der Waals surface area contributed by atoms with Crippen molar-refractivity contribution in [1.82, 2.24) is 0 Å². The predicted molar refractivity (Wildman–Crippen MR) is 45.6 cm³/mol. The smallest absolute Gasteiger partial charge is 0.258 e. The van der Waals surface area contributed by atoms with Gasteiger partial charge in [-0.3, -0.25) is 10.1 Å². The molecule has 0 unspecified atom stereocenters. The first-order valence-corrected chi connectivity index (χ1v) is 3.91. The van der Waals surface area contributed by atoms with Crippen molar-refractivity contribution in [3.63, 3.8) is 0 Å². The van der Waals surface area contributed by atoms with Gasteiger partial charge in [-0.1, -0.05) is 11.3 Å². The number of hydrogen-bond donors (Lipinski definition) is 0. The molecule has 0 aliphatic carbocycles. The molecule has 0 atom stereocenters. The molecule has 0 amide bonds. The van der Waals surface area contributed by atoms with Gasteiger partial charge in [0.05, 0.1) is 11.0 Å². The van der Waals surface area contributed by atoms with E-state index in [1.165, 1.54) is 18.2 Å². The van der Waals surface area contributed by atoms with Gasteiger partial charge in [0, 0.05) is 17.5 Å². The Hall–Kier alpha value is -1.67. The fourth-order valence-electron chi connectivity index (χ4n) is 0.656. The van der Waals surface area contributed by atoms with E-state index in [0.29, 0.717) is 5.56 Å². The monoisotopic (exact) mass is 180 g/mol. The van der Waals surface area contributed by atoms with Gasteiger partial charge in [0.1, 0.15) is 0 Å². The van der Waals surface area contributed by atoms with E-state index in [1.807, 2.05) is 6.07 Å². The summed E-state index contributed by atoms with van der Waals surface area (Å²) in [5.74, 6) is 0. The average molecular weight is 180 g/mol. The summed E-state index contributed by atoms with van der Waals surface area (Å²) in [4.78, 5) is 9.76. The molecule has 5 heteroatoms. The molecule has 1 rings (SSSR count). The van der Waals surface area contributed by atoms with Gasteiger partial charge in [-0.05, 0) is 11.6 Å². The van der Waals surface area contributed by atoms with Crippen molar-refractivity contribution in [2.75, 3.05) is 0 Å². The van der Waals surface area contributed by atoms with Crippen molar-refractivity contribution < 1.29 is 4.92 Å². The lowest BCUT2D eigenvalue weighted by Crippen LogP contribution is -1.80. The summed E-state index contributed by atoms with van der Waals surface area (Å²) < 4.78 is 0. The van der Waals surface area contributed by atoms with E-state index in [9.17, 15) is 10.1 Å². The summed E-state index contributed by atoms with van der Waals surface area (Å²) in [6.07, 6.45) is 2.81. The fraction of sp³-hybridized carbons (Fsp3) is 0. The van der Waals surface area contributed by atoms with E-state index < -0.39 is 4.92 Å². The second kappa shape index (κ2) is 3.64. The number of rotatable bonds is 2. The van der Waals surface area contributed by atoms with Crippen molar-refractivity contribution in [3.05, 3.63) is 33.2 Å². The summed E-state index contributed by atoms with van der Waals surface area (Å²) in [7, 11) is 0. The summed E-state index contributed by atoms with van der Waals surface area (Å²) in [6, 6.07) is 3.24. The molecule has 0 N–H and O–H groups in total. The number of nitrogens with zero attached hydrogens (tertiary/aromatic N) is 2. The Labute approximate surface area is 72.5 Å². The van der Waals surface area contributed by atoms with E-state index in [1.54, 1.807) is 5.38 Å². The lowest BCUT2D eigenvalue weighted by Gasteiger charge is -1.78. The zero-order valence-corrected chi connectivity index (χ0v) is 6.75. The van der Waals surface area contributed by atoms with Gasteiger partial charge in [-0.25, -0.2) is 0 Å². The molecule has 1 aromatic rings. The van der Waals surface area contributed by atoms with Crippen LogP contribution in [0.1, 0.15) is 5.56 Å². The van der Waals surface area contributed by atoms with E-state index in [-0.39, 0.29) is 5.00 Å². The molecule has 0 aliphatic rings. The standard InChI is InChI=1S/C7H4N2O2S/c8-3-1-2-6-4-7(9(10)11)12-5-6/h1-2,4-5H/b2-1+. The fourth-order valence-corrected chi connectivity index (χ4v) is 1.35. The highest BCUT2D eigenvalue weighted by Crippen LogP contribution is 2.23. The second-order valence-corrected chi connectivity index (χ2v) is 2.83. The lowest BCUT2D eigenvalue weighted by molar-refractivity contribution is -0.380. The molecule has 0 bridgehead atoms. The molecule has 0 aliphatic heterocycles. The molecule has 60 valence electrons. The predicted octanol–water partition coefficient (Wildman–Crippen LogP) is 2.19. The lowest BCUT2D eigenvalue weighted by atomic mass is 10.3. The molecule has 0 fully saturated rings. The molecular weight excluding hydrogens is 176 g/mol. The van der Waals surface area contributed by atoms with E-state index >= 15 is 0 Å². The third kappa shape index (κ3) is 1.90. The van der Waals surface area contributed by atoms with Gasteiger partial charge in [-0.2, -0.15) is 5.26 Å². The zero-order valence-electron chi connectivity index (χ0n) is 5.93. The van der Waals surface area contributed by atoms with Crippen molar-refractivity contribution in [1.29, 1.82) is 5.26 Å². The minimum absolute atomic E-state index is 0.0904. The van der Waals surface area contributed by atoms with Crippen LogP contribution in [-0.2, 0) is 0 Å². The van der Waals surface area contributed by atoms with Gasteiger partial charge in [0.25, 0.3) is 0 Å². The Morgan fingerprint density at radius 3 is 3.00 bits per heavy atom. The van der Waals surface area contributed by atoms with Crippen LogP contribution in [0.5, 0.6) is 0 Å². The number of allylic oxidation sites excluding steroid dienone is 1. The largest absolute Gasteiger partial charge is 0.324 e. The first kappa shape index (κ1) is 8.43. The van der Waals surface area contributed by atoms with E-state index in [2.05, 4.69) is 0 Å². The minimum atomic E-state index is -0.450. The van der Waals surface area contributed by atoms with Crippen LogP contribution in [0.2, 0.25) is 0 Å². The maximum Gasteiger partial charge on any atom is 0.324 e. The van der Waals surface area contributed by atoms with Gasteiger partial charge in [0.2, 0.25) is 0 Å². The Morgan fingerprint density at radius 2 is 2.50 bits per heavy atom. The number of nitriles is 1. The topological polar surface area (TPSA) is 66.9 Å². The highest BCUT2D eigenvalue weighted by Gasteiger charge is 2.06. The summed E-state index contributed by atoms with van der Waals surface area (Å²) in [6.45, 7) is 0. The number of thiophene rings is 1. The molecular formula is C7H4N2O2S. The molecule has 0 spiro atoms. The average Bonchev–Trinajstić information content (AvgIpc) is 2.48. The zero-order chi connectivity index (χ0) is 8.97. The molecule has 0 radical (unpaired) electrons. The quantitative estimate of drug-likeness (QED) is 0.398. The van der Waals surface area contributed by atoms with Crippen LogP contribution in [0.25, 0.3) is 6.08 Å². The molecule has 12 heavy (non-hydrogen) atoms. The second-order valence-electron chi connectivity index (χ2n) is 1.94. The van der Waals surface area contributed by atoms with Crippen molar-refractivity contribution in [2.24, 2.45) is 0 Å². The van der Waals surface area contributed by atoms with Gasteiger partial charge < -0.3 is 0 Å². The van der Waals surface area contributed by atoms with Crippen LogP contribution in [0.4, 0.5) is 5.00 Å². The van der Waals surface area contributed by atoms with Crippen molar-refractivity contribution >= 4 is 22.4 Å². The maximum atomic E-state index is 10.2. The third-order valence-electron chi connectivity index (χ3n) is 1.14. The van der Waals surface area contributed by atoms with Crippen LogP contribution < -0.4 is 0 Å². The Morgan fingerprint density at radius 1 is 1.75 bits per heavy atom. The van der Waals surface area contributed by atoms with Gasteiger partial charge >= 0.3 is 5.00 Å². The molecule has 4 nitrogen and oxygen atoms in total. The van der Waals surface area contributed by atoms with Crippen LogP contribution in [0.3, 0.4) is 0 Å². The van der Waals surface area contributed by atoms with Gasteiger partial charge in [0.15, 0.2) is 0 Å². The maximum absolute atomic E-state index is 10.2. The summed E-state index contributed by atoms with van der Waals surface area (Å²) in [5, 5.41) is 20.1. The molecule has 0 aromatic carbocycles. The third-order valence-corrected chi connectivity index (χ3v) is 2.03. The summed E-state index contributed by atoms with van der Waals surface area (Å²) >= 11 is 1.05. The van der Waals surface area contributed by atoms with E-state index in [0.717, 1.165) is 11.3 Å². The molecule has 1 heterocycles. The van der Waals surface area contributed by atoms with Crippen molar-refractivity contribution in [3.8, 4) is 6.07 Å². The van der Waals surface area contributed by atoms with E-state index in [4.69, 9.17) is 5.26 Å². The van der Waals surface area contributed by atoms with Crippen LogP contribution in [-0.4, -0.2) is 4.92 Å². The first-order valence-electron chi connectivity index (χ1n) is 3.03. The summed E-state index contributed by atoms with van der Waals surface area (Å²) in [5.41, 5.74) is 0.688. The van der Waals surface area contributed by atoms with Crippen LogP contribution >= 0.6 is 11.3 Å². The first-order chi connectivity index (χ1) is 5.74. The molecule has 1 aromatic heterocycles. The van der Waals surface area contributed by atoms with Gasteiger partial charge in [-0.15, -0.1) is 0 Å². The SMILES string of the molecule is N#C/C=C/c1csc([N+](=O)[O-])c1. The normalized spacial score (nSPS) is 9.92. The highest BCUT2D eigenvalue weighted by molar-refractivity contribution is 7.13. The van der Waals surface area contributed by atoms with Crippen LogP contribution in [0.15, 0.2) is 17.5 Å². The molecule has 0 saturated heterocycles. The van der Waals surface area contributed by atoms with Crippen molar-refractivity contribution in [2.45, 2.75) is 0 Å². The number of hydrogen-bond acceptors (Lipinski definition) is 4. The minimum Gasteiger partial charge on any atom is -0.258 e. The highest BCUT2D eigenvalue weighted by atomic mass is 32.1. The molecule has 0 saturated carbocycles. The Balaban J connectivity index is 2.86.